The average Bonchev–Trinajstić information content (AvgIpc) is 2.62. The smallest absolute Gasteiger partial charge is 0.195 e. The minimum atomic E-state index is -0.200. The molecule has 120 valence electrons. The van der Waals surface area contributed by atoms with Crippen LogP contribution in [0.15, 0.2) is 83.3 Å². The maximum absolute atomic E-state index is 12.7. The van der Waals surface area contributed by atoms with Gasteiger partial charge in [0, 0.05) is 15.6 Å². The molecule has 3 aromatic carbocycles. The summed E-state index contributed by atoms with van der Waals surface area (Å²) in [6, 6.07) is 22.9. The third kappa shape index (κ3) is 3.64. The van der Waals surface area contributed by atoms with E-state index in [1.165, 1.54) is 0 Å². The molecule has 1 N–H and O–H groups in total. The molecule has 3 aromatic rings. The van der Waals surface area contributed by atoms with E-state index >= 15 is 0 Å². The van der Waals surface area contributed by atoms with Crippen LogP contribution < -0.4 is 10.6 Å². The maximum Gasteiger partial charge on any atom is 0.195 e. The van der Waals surface area contributed by atoms with Crippen LogP contribution in [0.4, 0.5) is 11.4 Å². The molecule has 0 spiro atoms. The number of para-hydroxylation sites is 2. The standard InChI is InChI=1S/C19H14BrN2O2/c20-15-12-10-14(11-13-15)19(23)17-8-4-5-9-18(17)22(24)21-16-6-2-1-3-7-16/h1-13,21H/q-1. The van der Waals surface area contributed by atoms with Crippen LogP contribution in [0.3, 0.4) is 0 Å². The number of ketones is 1. The van der Waals surface area contributed by atoms with Crippen LogP contribution >= 0.6 is 15.9 Å². The van der Waals surface area contributed by atoms with Crippen molar-refractivity contribution in [1.29, 1.82) is 0 Å². The van der Waals surface area contributed by atoms with Crippen molar-refractivity contribution >= 4 is 33.1 Å². The van der Waals surface area contributed by atoms with Gasteiger partial charge in [-0.05, 0) is 48.5 Å². The molecule has 0 bridgehead atoms. The van der Waals surface area contributed by atoms with Gasteiger partial charge in [-0.2, -0.15) is 0 Å². The number of carbonyl (C=O) groups is 1. The highest BCUT2D eigenvalue weighted by atomic mass is 79.9. The zero-order valence-electron chi connectivity index (χ0n) is 12.6. The summed E-state index contributed by atoms with van der Waals surface area (Å²) in [6.45, 7) is 0. The fourth-order valence-corrected chi connectivity index (χ4v) is 2.55. The van der Waals surface area contributed by atoms with Gasteiger partial charge < -0.3 is 15.8 Å². The van der Waals surface area contributed by atoms with Gasteiger partial charge in [-0.1, -0.05) is 46.3 Å². The van der Waals surface area contributed by atoms with Gasteiger partial charge in [0.15, 0.2) is 5.78 Å². The summed E-state index contributed by atoms with van der Waals surface area (Å²) in [6.07, 6.45) is 0. The van der Waals surface area contributed by atoms with E-state index in [4.69, 9.17) is 0 Å². The Labute approximate surface area is 148 Å². The fraction of sp³-hybridized carbons (Fsp3) is 0. The van der Waals surface area contributed by atoms with Gasteiger partial charge >= 0.3 is 0 Å². The quantitative estimate of drug-likeness (QED) is 0.498. The van der Waals surface area contributed by atoms with Crippen molar-refractivity contribution in [2.45, 2.75) is 0 Å². The lowest BCUT2D eigenvalue weighted by Gasteiger charge is -2.33. The van der Waals surface area contributed by atoms with E-state index in [0.717, 1.165) is 4.47 Å². The number of anilines is 2. The molecule has 0 radical (unpaired) electrons. The van der Waals surface area contributed by atoms with Crippen molar-refractivity contribution in [3.8, 4) is 0 Å². The average molecular weight is 382 g/mol. The molecule has 0 saturated heterocycles. The van der Waals surface area contributed by atoms with Crippen LogP contribution in [-0.4, -0.2) is 5.78 Å². The Bertz CT molecular complexity index is 836. The summed E-state index contributed by atoms with van der Waals surface area (Å²) in [5, 5.41) is 13.1. The van der Waals surface area contributed by atoms with Crippen molar-refractivity contribution < 1.29 is 4.79 Å². The highest BCUT2D eigenvalue weighted by molar-refractivity contribution is 9.10. The number of halogens is 1. The molecule has 0 aliphatic heterocycles. The van der Waals surface area contributed by atoms with Crippen LogP contribution in [0.2, 0.25) is 0 Å². The number of benzene rings is 3. The predicted molar refractivity (Wildman–Crippen MR) is 99.9 cm³/mol. The van der Waals surface area contributed by atoms with Gasteiger partial charge in [0.25, 0.3) is 0 Å². The Morgan fingerprint density at radius 2 is 1.50 bits per heavy atom. The number of nitrogens with zero attached hydrogens (tertiary/aromatic N) is 1. The minimum absolute atomic E-state index is 0.200. The summed E-state index contributed by atoms with van der Waals surface area (Å²) in [5.41, 5.74) is 4.53. The largest absolute Gasteiger partial charge is 0.739 e. The molecular formula is C19H14BrN2O2-. The first-order chi connectivity index (χ1) is 11.6. The van der Waals surface area contributed by atoms with E-state index < -0.39 is 0 Å². The van der Waals surface area contributed by atoms with Crippen molar-refractivity contribution in [2.75, 3.05) is 10.6 Å². The first-order valence-corrected chi connectivity index (χ1v) is 8.13. The molecule has 0 amide bonds. The highest BCUT2D eigenvalue weighted by Crippen LogP contribution is 2.24. The van der Waals surface area contributed by atoms with E-state index in [-0.39, 0.29) is 11.5 Å². The van der Waals surface area contributed by atoms with E-state index in [1.54, 1.807) is 60.7 Å². The van der Waals surface area contributed by atoms with Crippen molar-refractivity contribution in [1.82, 2.24) is 0 Å². The molecule has 4 nitrogen and oxygen atoms in total. The lowest BCUT2D eigenvalue weighted by molar-refractivity contribution is 0.103. The third-order valence-corrected chi connectivity index (χ3v) is 4.01. The van der Waals surface area contributed by atoms with E-state index in [0.29, 0.717) is 22.0 Å². The molecule has 0 aromatic heterocycles. The number of carbonyl (C=O) groups excluding carboxylic acids is 1. The SMILES string of the molecule is O=C(c1ccc(Br)cc1)c1ccccc1N([O-])Nc1ccccc1. The summed E-state index contributed by atoms with van der Waals surface area (Å²) in [4.78, 5) is 12.7. The summed E-state index contributed by atoms with van der Waals surface area (Å²) < 4.78 is 0.892. The summed E-state index contributed by atoms with van der Waals surface area (Å²) in [5.74, 6) is -0.200. The number of hydrogen-bond donors (Lipinski definition) is 1. The Morgan fingerprint density at radius 1 is 0.875 bits per heavy atom. The van der Waals surface area contributed by atoms with Gasteiger partial charge in [-0.25, -0.2) is 0 Å². The number of nitrogens with one attached hydrogen (secondary N) is 1. The second kappa shape index (κ2) is 7.29. The van der Waals surface area contributed by atoms with Crippen molar-refractivity contribution in [3.05, 3.63) is 99.7 Å². The first kappa shape index (κ1) is 16.2. The Hall–Kier alpha value is -2.63. The highest BCUT2D eigenvalue weighted by Gasteiger charge is 2.14. The number of rotatable bonds is 5. The van der Waals surface area contributed by atoms with Crippen LogP contribution in [0.1, 0.15) is 15.9 Å². The Balaban J connectivity index is 1.90. The van der Waals surface area contributed by atoms with Crippen LogP contribution in [0.5, 0.6) is 0 Å². The lowest BCUT2D eigenvalue weighted by Crippen LogP contribution is -2.24. The molecule has 0 fully saturated rings. The van der Waals surface area contributed by atoms with Gasteiger partial charge in [-0.15, -0.1) is 0 Å². The number of hydrazine groups is 1. The predicted octanol–water partition coefficient (Wildman–Crippen LogP) is 5.01. The van der Waals surface area contributed by atoms with Crippen LogP contribution in [-0.2, 0) is 0 Å². The van der Waals surface area contributed by atoms with E-state index in [9.17, 15) is 10.0 Å². The zero-order valence-corrected chi connectivity index (χ0v) is 14.2. The molecule has 0 unspecified atom stereocenters. The molecule has 0 heterocycles. The van der Waals surface area contributed by atoms with Gasteiger partial charge in [0.05, 0.1) is 11.4 Å². The van der Waals surface area contributed by atoms with Gasteiger partial charge in [-0.3, -0.25) is 4.79 Å². The zero-order chi connectivity index (χ0) is 16.9. The summed E-state index contributed by atoms with van der Waals surface area (Å²) in [7, 11) is 0. The molecule has 3 rings (SSSR count). The first-order valence-electron chi connectivity index (χ1n) is 7.33. The van der Waals surface area contributed by atoms with Crippen molar-refractivity contribution in [3.63, 3.8) is 0 Å². The van der Waals surface area contributed by atoms with Crippen LogP contribution in [0, 0.1) is 5.21 Å². The monoisotopic (exact) mass is 381 g/mol. The Kier molecular flexibility index (Phi) is 4.93. The molecule has 0 saturated carbocycles. The van der Waals surface area contributed by atoms with Crippen molar-refractivity contribution in [2.24, 2.45) is 0 Å². The molecule has 0 aliphatic carbocycles. The molecule has 0 aliphatic rings. The molecule has 0 atom stereocenters. The second-order valence-corrected chi connectivity index (χ2v) is 6.04. The Morgan fingerprint density at radius 3 is 2.21 bits per heavy atom. The van der Waals surface area contributed by atoms with Crippen LogP contribution in [0.25, 0.3) is 0 Å². The van der Waals surface area contributed by atoms with Gasteiger partial charge in [0.1, 0.15) is 0 Å². The maximum atomic E-state index is 12.7. The number of hydrogen-bond acceptors (Lipinski definition) is 4. The lowest BCUT2D eigenvalue weighted by atomic mass is 10.0. The van der Waals surface area contributed by atoms with E-state index in [1.807, 2.05) is 18.2 Å². The third-order valence-electron chi connectivity index (χ3n) is 3.48. The second-order valence-electron chi connectivity index (χ2n) is 5.13. The molecule has 5 heteroatoms. The minimum Gasteiger partial charge on any atom is -0.739 e. The molecular weight excluding hydrogens is 368 g/mol. The van der Waals surface area contributed by atoms with E-state index in [2.05, 4.69) is 21.4 Å². The fourth-order valence-electron chi connectivity index (χ4n) is 2.29. The normalized spacial score (nSPS) is 10.2. The van der Waals surface area contributed by atoms with Gasteiger partial charge in [0.2, 0.25) is 0 Å². The molecule has 24 heavy (non-hydrogen) atoms. The topological polar surface area (TPSA) is 55.4 Å². The summed E-state index contributed by atoms with van der Waals surface area (Å²) >= 11 is 3.35.